The van der Waals surface area contributed by atoms with Gasteiger partial charge in [-0.25, -0.2) is 0 Å². The zero-order valence-corrected chi connectivity index (χ0v) is 40.7. The molecule has 61 heavy (non-hydrogen) atoms. The Balaban J connectivity index is 3.61. The number of allylic oxidation sites excluding steroid dienone is 6. The Hall–Kier alpha value is -1.47. The van der Waals surface area contributed by atoms with E-state index in [4.69, 9.17) is 0 Å². The van der Waals surface area contributed by atoms with Crippen LogP contribution in [-0.2, 0) is 4.79 Å². The van der Waals surface area contributed by atoms with Crippen LogP contribution in [0.5, 0.6) is 0 Å². The lowest BCUT2D eigenvalue weighted by Gasteiger charge is -2.27. The summed E-state index contributed by atoms with van der Waals surface area (Å²) in [6.45, 7) is 4.04. The van der Waals surface area contributed by atoms with Crippen molar-refractivity contribution in [2.24, 2.45) is 0 Å². The van der Waals surface area contributed by atoms with Gasteiger partial charge in [0.15, 0.2) is 0 Å². The molecule has 0 aromatic carbocycles. The highest BCUT2D eigenvalue weighted by Crippen LogP contribution is 2.17. The first kappa shape index (κ1) is 59.5. The summed E-state index contributed by atoms with van der Waals surface area (Å²) < 4.78 is 0. The number of hydrogen-bond acceptors (Lipinski definition) is 5. The topological polar surface area (TPSA) is 110 Å². The Morgan fingerprint density at radius 2 is 0.689 bits per heavy atom. The third-order valence-electron chi connectivity index (χ3n) is 12.6. The van der Waals surface area contributed by atoms with Gasteiger partial charge in [-0.3, -0.25) is 4.79 Å². The van der Waals surface area contributed by atoms with Crippen LogP contribution in [0.2, 0.25) is 0 Å². The summed E-state index contributed by atoms with van der Waals surface area (Å²) in [5.41, 5.74) is 0. The van der Waals surface area contributed by atoms with E-state index in [9.17, 15) is 25.2 Å². The first-order valence-corrected chi connectivity index (χ1v) is 26.9. The lowest BCUT2D eigenvalue weighted by molar-refractivity contribution is -0.132. The van der Waals surface area contributed by atoms with Crippen LogP contribution < -0.4 is 5.32 Å². The molecule has 0 saturated carbocycles. The van der Waals surface area contributed by atoms with E-state index in [1.54, 1.807) is 0 Å². The summed E-state index contributed by atoms with van der Waals surface area (Å²) in [5, 5.41) is 43.8. The van der Waals surface area contributed by atoms with E-state index in [1.165, 1.54) is 205 Å². The molecule has 0 radical (unpaired) electrons. The van der Waals surface area contributed by atoms with Crippen LogP contribution in [0.25, 0.3) is 0 Å². The van der Waals surface area contributed by atoms with E-state index < -0.39 is 36.9 Å². The van der Waals surface area contributed by atoms with Gasteiger partial charge in [-0.05, 0) is 77.0 Å². The molecule has 4 atom stereocenters. The Morgan fingerprint density at radius 1 is 0.393 bits per heavy atom. The fraction of sp³-hybridized carbons (Fsp3) is 0.873. The van der Waals surface area contributed by atoms with E-state index in [1.807, 2.05) is 0 Å². The second-order valence-electron chi connectivity index (χ2n) is 18.6. The number of carbonyl (C=O) groups excluding carboxylic acids is 1. The average molecular weight is 860 g/mol. The minimum Gasteiger partial charge on any atom is -0.394 e. The molecule has 0 aliphatic heterocycles. The van der Waals surface area contributed by atoms with E-state index in [0.29, 0.717) is 19.3 Å². The highest BCUT2D eigenvalue weighted by atomic mass is 16.3. The van der Waals surface area contributed by atoms with Crippen molar-refractivity contribution in [3.05, 3.63) is 36.5 Å². The van der Waals surface area contributed by atoms with Crippen molar-refractivity contribution >= 4 is 5.91 Å². The molecule has 0 saturated heterocycles. The lowest BCUT2D eigenvalue weighted by atomic mass is 10.00. The third kappa shape index (κ3) is 43.6. The van der Waals surface area contributed by atoms with Gasteiger partial charge >= 0.3 is 0 Å². The zero-order chi connectivity index (χ0) is 44.5. The molecule has 0 aromatic heterocycles. The van der Waals surface area contributed by atoms with E-state index in [0.717, 1.165) is 38.5 Å². The normalized spacial score (nSPS) is 14.1. The summed E-state index contributed by atoms with van der Waals surface area (Å²) in [5.74, 6) is -0.596. The van der Waals surface area contributed by atoms with Gasteiger partial charge in [0, 0.05) is 0 Å². The zero-order valence-electron chi connectivity index (χ0n) is 40.7. The van der Waals surface area contributed by atoms with Gasteiger partial charge in [0.05, 0.1) is 18.8 Å². The number of aliphatic hydroxyl groups excluding tert-OH is 4. The number of aliphatic hydroxyl groups is 4. The second-order valence-corrected chi connectivity index (χ2v) is 18.6. The maximum atomic E-state index is 12.6. The van der Waals surface area contributed by atoms with Crippen molar-refractivity contribution in [1.82, 2.24) is 5.32 Å². The Labute approximate surface area is 379 Å². The molecule has 5 N–H and O–H groups in total. The predicted molar refractivity (Wildman–Crippen MR) is 265 cm³/mol. The lowest BCUT2D eigenvalue weighted by Crippen LogP contribution is -2.53. The summed E-state index contributed by atoms with van der Waals surface area (Å²) in [6, 6.07) is -1.01. The summed E-state index contributed by atoms with van der Waals surface area (Å²) in [4.78, 5) is 12.6. The van der Waals surface area contributed by atoms with Crippen LogP contribution in [0.4, 0.5) is 0 Å². The quantitative estimate of drug-likeness (QED) is 0.0309. The monoisotopic (exact) mass is 860 g/mol. The molecule has 0 bridgehead atoms. The molecule has 0 aliphatic carbocycles. The van der Waals surface area contributed by atoms with Gasteiger partial charge in [0.1, 0.15) is 12.2 Å². The fourth-order valence-electron chi connectivity index (χ4n) is 8.30. The third-order valence-corrected chi connectivity index (χ3v) is 12.6. The van der Waals surface area contributed by atoms with Crippen molar-refractivity contribution in [2.75, 3.05) is 6.61 Å². The molecule has 6 heteroatoms. The highest BCUT2D eigenvalue weighted by Gasteiger charge is 2.28. The number of nitrogens with one attached hydrogen (secondary N) is 1. The Bertz CT molecular complexity index is 966. The van der Waals surface area contributed by atoms with Crippen molar-refractivity contribution in [3.63, 3.8) is 0 Å². The van der Waals surface area contributed by atoms with Crippen LogP contribution in [0, 0.1) is 0 Å². The van der Waals surface area contributed by atoms with Crippen molar-refractivity contribution < 1.29 is 25.2 Å². The fourth-order valence-corrected chi connectivity index (χ4v) is 8.30. The van der Waals surface area contributed by atoms with Gasteiger partial charge in [0.2, 0.25) is 5.91 Å². The van der Waals surface area contributed by atoms with Crippen molar-refractivity contribution in [3.8, 4) is 0 Å². The smallest absolute Gasteiger partial charge is 0.249 e. The predicted octanol–water partition coefficient (Wildman–Crippen LogP) is 15.2. The molecule has 4 unspecified atom stereocenters. The summed E-state index contributed by atoms with van der Waals surface area (Å²) >= 11 is 0. The average Bonchev–Trinajstić information content (AvgIpc) is 3.26. The highest BCUT2D eigenvalue weighted by molar-refractivity contribution is 5.80. The number of rotatable bonds is 49. The van der Waals surface area contributed by atoms with Gasteiger partial charge in [-0.2, -0.15) is 0 Å². The molecule has 0 rings (SSSR count). The number of amides is 1. The first-order valence-electron chi connectivity index (χ1n) is 26.9. The van der Waals surface area contributed by atoms with Gasteiger partial charge in [-0.1, -0.05) is 237 Å². The molecule has 1 amide bonds. The summed E-state index contributed by atoms with van der Waals surface area (Å²) in [7, 11) is 0. The van der Waals surface area contributed by atoms with Crippen molar-refractivity contribution in [2.45, 2.75) is 301 Å². The van der Waals surface area contributed by atoms with Gasteiger partial charge < -0.3 is 25.7 Å². The number of carbonyl (C=O) groups is 1. The molecule has 0 heterocycles. The Morgan fingerprint density at radius 3 is 1.03 bits per heavy atom. The minimum atomic E-state index is -1.29. The molecule has 360 valence electrons. The van der Waals surface area contributed by atoms with Crippen LogP contribution in [0.15, 0.2) is 36.5 Å². The van der Waals surface area contributed by atoms with Crippen molar-refractivity contribution in [1.29, 1.82) is 0 Å². The molecule has 0 aromatic rings. The first-order chi connectivity index (χ1) is 30.0. The molecular formula is C55H105NO5. The molecule has 0 spiro atoms. The largest absolute Gasteiger partial charge is 0.394 e. The molecule has 0 aliphatic rings. The molecule has 6 nitrogen and oxygen atoms in total. The van der Waals surface area contributed by atoms with E-state index in [2.05, 4.69) is 55.6 Å². The van der Waals surface area contributed by atoms with Gasteiger partial charge in [0.25, 0.3) is 0 Å². The van der Waals surface area contributed by atoms with E-state index in [-0.39, 0.29) is 0 Å². The summed E-state index contributed by atoms with van der Waals surface area (Å²) in [6.07, 6.45) is 60.7. The van der Waals surface area contributed by atoms with Crippen LogP contribution >= 0.6 is 0 Å². The van der Waals surface area contributed by atoms with Crippen LogP contribution in [-0.4, -0.2) is 57.3 Å². The second kappa shape index (κ2) is 49.5. The standard InChI is InChI=1S/C55H105NO5/c1-3-5-7-9-11-13-15-17-19-20-21-22-23-24-25-26-27-28-29-30-31-32-33-34-35-37-39-41-43-45-47-49-53(59)55(61)56-51(50-57)54(60)52(58)48-46-44-42-40-38-36-18-16-14-12-10-8-6-4-2/h16,18,24-25,40,42,51-54,57-60H,3-15,17,19-23,26-39,41,43-50H2,1-2H3,(H,56,61)/b18-16+,25-24-,42-40+. The maximum absolute atomic E-state index is 12.6. The van der Waals surface area contributed by atoms with E-state index >= 15 is 0 Å². The number of unbranched alkanes of at least 4 members (excludes halogenated alkanes) is 34. The SMILES string of the molecule is CCCCCCC/C=C/CC/C=C/CCCC(O)C(O)C(CO)NC(=O)C(O)CCCCCCCCCCCCCCCCC/C=C\CCCCCCCCCCCCCC. The van der Waals surface area contributed by atoms with Crippen LogP contribution in [0.3, 0.4) is 0 Å². The van der Waals surface area contributed by atoms with Crippen LogP contribution in [0.1, 0.15) is 277 Å². The van der Waals surface area contributed by atoms with Gasteiger partial charge in [-0.15, -0.1) is 0 Å². The minimum absolute atomic E-state index is 0.361. The molecule has 0 fully saturated rings. The Kier molecular flexibility index (Phi) is 48.3. The number of hydrogen-bond donors (Lipinski definition) is 5. The maximum Gasteiger partial charge on any atom is 0.249 e. The molecular weight excluding hydrogens is 755 g/mol.